The van der Waals surface area contributed by atoms with Crippen LogP contribution in [0.5, 0.6) is 0 Å². The van der Waals surface area contributed by atoms with Gasteiger partial charge in [-0.05, 0) is 19.4 Å². The van der Waals surface area contributed by atoms with Gasteiger partial charge in [-0.1, -0.05) is 51.4 Å². The molecule has 102 valence electrons. The van der Waals surface area contributed by atoms with E-state index in [1.54, 1.807) is 0 Å². The normalized spacial score (nSPS) is 12.6. The lowest BCUT2D eigenvalue weighted by Gasteiger charge is -2.05. The van der Waals surface area contributed by atoms with E-state index in [1.807, 2.05) is 0 Å². The summed E-state index contributed by atoms with van der Waals surface area (Å²) in [6.07, 6.45) is 11.4. The van der Waals surface area contributed by atoms with Crippen LogP contribution in [0, 0.1) is 0 Å². The summed E-state index contributed by atoms with van der Waals surface area (Å²) in [4.78, 5) is 10.5. The highest BCUT2D eigenvalue weighted by atomic mass is 16.4. The fraction of sp³-hybridized carbons (Fsp3) is 0.923. The van der Waals surface area contributed by atoms with Crippen molar-refractivity contribution in [1.29, 1.82) is 0 Å². The monoisotopic (exact) mass is 244 g/mol. The highest BCUT2D eigenvalue weighted by Gasteiger charge is 2.09. The fourth-order valence-corrected chi connectivity index (χ4v) is 1.87. The average Bonchev–Trinajstić information content (AvgIpc) is 2.31. The van der Waals surface area contributed by atoms with E-state index in [0.717, 1.165) is 25.8 Å². The Labute approximate surface area is 105 Å². The van der Waals surface area contributed by atoms with Crippen LogP contribution in [0.2, 0.25) is 0 Å². The fourth-order valence-electron chi connectivity index (χ4n) is 1.87. The van der Waals surface area contributed by atoms with Crippen molar-refractivity contribution in [2.45, 2.75) is 70.3 Å². The number of aliphatic carboxylic acids is 1. The van der Waals surface area contributed by atoms with Crippen LogP contribution in [0.1, 0.15) is 64.2 Å². The minimum absolute atomic E-state index is 0.603. The van der Waals surface area contributed by atoms with E-state index in [-0.39, 0.29) is 0 Å². The first-order valence-corrected chi connectivity index (χ1v) is 6.87. The molecule has 0 aliphatic heterocycles. The topological polar surface area (TPSA) is 89.3 Å². The third-order valence-corrected chi connectivity index (χ3v) is 3.04. The van der Waals surface area contributed by atoms with Crippen molar-refractivity contribution in [2.75, 3.05) is 6.54 Å². The van der Waals surface area contributed by atoms with Gasteiger partial charge in [-0.3, -0.25) is 4.79 Å². The summed E-state index contributed by atoms with van der Waals surface area (Å²) in [5, 5.41) is 8.59. The minimum atomic E-state index is -0.884. The van der Waals surface area contributed by atoms with E-state index < -0.39 is 12.0 Å². The quantitative estimate of drug-likeness (QED) is 0.459. The summed E-state index contributed by atoms with van der Waals surface area (Å²) in [6.45, 7) is 0.809. The van der Waals surface area contributed by atoms with Gasteiger partial charge >= 0.3 is 5.97 Å². The highest BCUT2D eigenvalue weighted by Crippen LogP contribution is 2.10. The number of nitrogens with two attached hydrogens (primary N) is 2. The summed E-state index contributed by atoms with van der Waals surface area (Å²) in [5.74, 6) is -0.884. The number of hydrogen-bond acceptors (Lipinski definition) is 3. The van der Waals surface area contributed by atoms with Crippen LogP contribution in [0.4, 0.5) is 0 Å². The van der Waals surface area contributed by atoms with Gasteiger partial charge in [-0.25, -0.2) is 0 Å². The molecule has 0 spiro atoms. The summed E-state index contributed by atoms with van der Waals surface area (Å²) in [7, 11) is 0. The molecule has 17 heavy (non-hydrogen) atoms. The zero-order chi connectivity index (χ0) is 12.9. The Morgan fingerprint density at radius 1 is 0.882 bits per heavy atom. The zero-order valence-electron chi connectivity index (χ0n) is 10.9. The van der Waals surface area contributed by atoms with Gasteiger partial charge in [0.2, 0.25) is 0 Å². The van der Waals surface area contributed by atoms with Crippen molar-refractivity contribution >= 4 is 5.97 Å². The van der Waals surface area contributed by atoms with Crippen molar-refractivity contribution in [2.24, 2.45) is 11.5 Å². The molecule has 0 saturated heterocycles. The molecule has 0 aliphatic rings. The van der Waals surface area contributed by atoms with Crippen LogP contribution in [0.3, 0.4) is 0 Å². The predicted octanol–water partition coefficient (Wildman–Crippen LogP) is 2.26. The SMILES string of the molecule is NCCCCCCCCCCCC(N)C(=O)O. The highest BCUT2D eigenvalue weighted by molar-refractivity contribution is 5.72. The first-order chi connectivity index (χ1) is 8.18. The largest absolute Gasteiger partial charge is 0.480 e. The lowest BCUT2D eigenvalue weighted by molar-refractivity contribution is -0.138. The number of carboxylic acid groups (broad SMARTS) is 1. The molecule has 0 bridgehead atoms. The molecule has 0 aliphatic carbocycles. The molecule has 0 amide bonds. The second-order valence-electron chi connectivity index (χ2n) is 4.70. The van der Waals surface area contributed by atoms with Gasteiger partial charge in [0, 0.05) is 0 Å². The maximum atomic E-state index is 10.5. The van der Waals surface area contributed by atoms with E-state index in [1.165, 1.54) is 38.5 Å². The molecule has 4 heteroatoms. The molecule has 0 saturated carbocycles. The molecular weight excluding hydrogens is 216 g/mol. The van der Waals surface area contributed by atoms with E-state index in [2.05, 4.69) is 0 Å². The van der Waals surface area contributed by atoms with Crippen molar-refractivity contribution in [3.8, 4) is 0 Å². The standard InChI is InChI=1S/C13H28N2O2/c14-11-9-7-5-3-1-2-4-6-8-10-12(15)13(16)17/h12H,1-11,14-15H2,(H,16,17). The molecule has 1 unspecified atom stereocenters. The van der Waals surface area contributed by atoms with Crippen LogP contribution in [0.15, 0.2) is 0 Å². The second-order valence-corrected chi connectivity index (χ2v) is 4.70. The van der Waals surface area contributed by atoms with E-state index in [0.29, 0.717) is 6.42 Å². The summed E-state index contributed by atoms with van der Waals surface area (Å²) in [5.41, 5.74) is 10.8. The van der Waals surface area contributed by atoms with Crippen LogP contribution in [-0.2, 0) is 4.79 Å². The number of rotatable bonds is 12. The Hall–Kier alpha value is -0.610. The van der Waals surface area contributed by atoms with E-state index in [4.69, 9.17) is 16.6 Å². The van der Waals surface area contributed by atoms with Crippen LogP contribution in [-0.4, -0.2) is 23.7 Å². The smallest absolute Gasteiger partial charge is 0.320 e. The first kappa shape index (κ1) is 16.4. The number of hydrogen-bond donors (Lipinski definition) is 3. The summed E-state index contributed by atoms with van der Waals surface area (Å²) >= 11 is 0. The van der Waals surface area contributed by atoms with Crippen molar-refractivity contribution in [1.82, 2.24) is 0 Å². The van der Waals surface area contributed by atoms with Gasteiger partial charge in [-0.15, -0.1) is 0 Å². The Kier molecular flexibility index (Phi) is 11.4. The molecule has 0 fully saturated rings. The Bertz CT molecular complexity index is 186. The molecule has 0 aromatic carbocycles. The molecule has 0 aromatic rings. The zero-order valence-corrected chi connectivity index (χ0v) is 10.9. The maximum absolute atomic E-state index is 10.5. The Morgan fingerprint density at radius 3 is 1.71 bits per heavy atom. The molecule has 0 radical (unpaired) electrons. The predicted molar refractivity (Wildman–Crippen MR) is 70.8 cm³/mol. The van der Waals surface area contributed by atoms with Gasteiger partial charge < -0.3 is 16.6 Å². The molecule has 5 N–H and O–H groups in total. The van der Waals surface area contributed by atoms with Crippen molar-refractivity contribution in [3.05, 3.63) is 0 Å². The minimum Gasteiger partial charge on any atom is -0.480 e. The van der Waals surface area contributed by atoms with E-state index in [9.17, 15) is 4.79 Å². The molecule has 0 aromatic heterocycles. The average molecular weight is 244 g/mol. The van der Waals surface area contributed by atoms with Gasteiger partial charge in [0.05, 0.1) is 0 Å². The number of carbonyl (C=O) groups is 1. The third-order valence-electron chi connectivity index (χ3n) is 3.04. The third kappa shape index (κ3) is 11.6. The van der Waals surface area contributed by atoms with Crippen LogP contribution >= 0.6 is 0 Å². The molecule has 0 rings (SSSR count). The van der Waals surface area contributed by atoms with Crippen molar-refractivity contribution in [3.63, 3.8) is 0 Å². The summed E-state index contributed by atoms with van der Waals surface area (Å²) in [6, 6.07) is -0.675. The van der Waals surface area contributed by atoms with Crippen LogP contribution in [0.25, 0.3) is 0 Å². The lowest BCUT2D eigenvalue weighted by atomic mass is 10.0. The van der Waals surface area contributed by atoms with Gasteiger partial charge in [0.15, 0.2) is 0 Å². The van der Waals surface area contributed by atoms with E-state index >= 15 is 0 Å². The number of unbranched alkanes of at least 4 members (excludes halogenated alkanes) is 8. The Balaban J connectivity index is 3.06. The van der Waals surface area contributed by atoms with Gasteiger partial charge in [-0.2, -0.15) is 0 Å². The lowest BCUT2D eigenvalue weighted by Crippen LogP contribution is -2.29. The molecular formula is C13H28N2O2. The van der Waals surface area contributed by atoms with Crippen LogP contribution < -0.4 is 11.5 Å². The van der Waals surface area contributed by atoms with Gasteiger partial charge in [0.1, 0.15) is 6.04 Å². The number of carboxylic acids is 1. The second kappa shape index (κ2) is 11.9. The summed E-state index contributed by atoms with van der Waals surface area (Å²) < 4.78 is 0. The molecule has 1 atom stereocenters. The first-order valence-electron chi connectivity index (χ1n) is 6.87. The molecule has 0 heterocycles. The van der Waals surface area contributed by atoms with Crippen molar-refractivity contribution < 1.29 is 9.90 Å². The Morgan fingerprint density at radius 2 is 1.29 bits per heavy atom. The molecule has 4 nitrogen and oxygen atoms in total. The van der Waals surface area contributed by atoms with Gasteiger partial charge in [0.25, 0.3) is 0 Å². The maximum Gasteiger partial charge on any atom is 0.320 e.